The van der Waals surface area contributed by atoms with Crippen LogP contribution in [0.25, 0.3) is 11.3 Å². The fraction of sp³-hybridized carbons (Fsp3) is 0.304. The first-order chi connectivity index (χ1) is 15.0. The molecule has 31 heavy (non-hydrogen) atoms. The highest BCUT2D eigenvalue weighted by molar-refractivity contribution is 6.33. The topological polar surface area (TPSA) is 89.2 Å². The van der Waals surface area contributed by atoms with Gasteiger partial charge in [0.25, 0.3) is 11.8 Å². The number of carbonyl (C=O) groups is 3. The highest BCUT2D eigenvalue weighted by atomic mass is 35.5. The molecule has 7 nitrogen and oxygen atoms in total. The number of benzene rings is 1. The maximum atomic E-state index is 12.7. The van der Waals surface area contributed by atoms with E-state index in [1.165, 1.54) is 6.21 Å². The summed E-state index contributed by atoms with van der Waals surface area (Å²) in [6, 6.07) is 8.31. The number of nitrogens with zero attached hydrogens (tertiary/aromatic N) is 2. The number of carbonyl (C=O) groups excluding carboxylic acids is 3. The maximum absolute atomic E-state index is 12.7. The van der Waals surface area contributed by atoms with Gasteiger partial charge in [-0.25, -0.2) is 4.79 Å². The molecule has 5 rings (SSSR count). The molecule has 1 aromatic heterocycles. The van der Waals surface area contributed by atoms with Crippen molar-refractivity contribution < 1.29 is 23.5 Å². The number of hydrogen-bond donors (Lipinski definition) is 0. The largest absolute Gasteiger partial charge is 0.462 e. The molecule has 4 unspecified atom stereocenters. The van der Waals surface area contributed by atoms with E-state index in [0.717, 1.165) is 11.4 Å². The fourth-order valence-corrected chi connectivity index (χ4v) is 4.93. The monoisotopic (exact) mass is 438 g/mol. The molecule has 4 atom stereocenters. The van der Waals surface area contributed by atoms with Gasteiger partial charge in [-0.05, 0) is 55.5 Å². The Morgan fingerprint density at radius 1 is 1.19 bits per heavy atom. The van der Waals surface area contributed by atoms with Crippen LogP contribution in [0.15, 0.2) is 52.0 Å². The fourth-order valence-electron chi connectivity index (χ4n) is 4.74. The Bertz CT molecular complexity index is 1120. The van der Waals surface area contributed by atoms with E-state index in [2.05, 4.69) is 5.10 Å². The lowest BCUT2D eigenvalue weighted by Gasteiger charge is -2.13. The quantitative estimate of drug-likeness (QED) is 0.305. The molecule has 2 fully saturated rings. The van der Waals surface area contributed by atoms with Crippen molar-refractivity contribution in [3.05, 3.63) is 58.8 Å². The number of rotatable bonds is 5. The zero-order valence-electron chi connectivity index (χ0n) is 16.7. The Morgan fingerprint density at radius 2 is 1.90 bits per heavy atom. The lowest BCUT2D eigenvalue weighted by atomic mass is 9.85. The van der Waals surface area contributed by atoms with Gasteiger partial charge in [-0.2, -0.15) is 10.1 Å². The van der Waals surface area contributed by atoms with Crippen LogP contribution in [0.5, 0.6) is 0 Å². The van der Waals surface area contributed by atoms with Crippen LogP contribution in [0.2, 0.25) is 5.02 Å². The minimum absolute atomic E-state index is 0.139. The summed E-state index contributed by atoms with van der Waals surface area (Å²) in [5.41, 5.74) is 0.883. The average molecular weight is 439 g/mol. The predicted molar refractivity (Wildman–Crippen MR) is 112 cm³/mol. The van der Waals surface area contributed by atoms with Crippen LogP contribution in [0.3, 0.4) is 0 Å². The van der Waals surface area contributed by atoms with Crippen LogP contribution in [0.4, 0.5) is 0 Å². The summed E-state index contributed by atoms with van der Waals surface area (Å²) in [5, 5.41) is 5.38. The Balaban J connectivity index is 1.35. The Kier molecular flexibility index (Phi) is 4.78. The van der Waals surface area contributed by atoms with Gasteiger partial charge in [0.05, 0.1) is 35.2 Å². The van der Waals surface area contributed by atoms with Gasteiger partial charge < -0.3 is 9.15 Å². The van der Waals surface area contributed by atoms with Crippen LogP contribution in [0.1, 0.15) is 29.5 Å². The van der Waals surface area contributed by atoms with Gasteiger partial charge in [0.15, 0.2) is 0 Å². The molecule has 0 radical (unpaired) electrons. The second-order valence-corrected chi connectivity index (χ2v) is 8.26. The molecule has 0 spiro atoms. The van der Waals surface area contributed by atoms with Crippen LogP contribution in [-0.2, 0) is 14.3 Å². The molecule has 2 aromatic rings. The highest BCUT2D eigenvalue weighted by Gasteiger charge is 2.59. The summed E-state index contributed by atoms with van der Waals surface area (Å²) in [6.45, 7) is 1.96. The molecular weight excluding hydrogens is 420 g/mol. The molecule has 2 heterocycles. The first-order valence-corrected chi connectivity index (χ1v) is 10.5. The number of amides is 2. The molecule has 2 amide bonds. The molecule has 2 aliphatic carbocycles. The third kappa shape index (κ3) is 3.20. The van der Waals surface area contributed by atoms with Gasteiger partial charge in [0.1, 0.15) is 11.5 Å². The van der Waals surface area contributed by atoms with E-state index in [-0.39, 0.29) is 52.7 Å². The molecule has 1 aliphatic heterocycles. The first-order valence-electron chi connectivity index (χ1n) is 10.1. The van der Waals surface area contributed by atoms with Gasteiger partial charge in [0, 0.05) is 5.56 Å². The molecule has 2 bridgehead atoms. The van der Waals surface area contributed by atoms with Gasteiger partial charge in [-0.3, -0.25) is 9.59 Å². The molecule has 1 saturated carbocycles. The SMILES string of the molecule is CCOC(=O)c1cc(-c2ccc(/C=N/N3C(=O)C4C5C=CC(C5)C4C3=O)o2)ccc1Cl. The summed E-state index contributed by atoms with van der Waals surface area (Å²) in [6.07, 6.45) is 6.32. The molecule has 8 heteroatoms. The van der Waals surface area contributed by atoms with E-state index in [4.69, 9.17) is 20.8 Å². The number of fused-ring (bicyclic) bond motifs is 5. The van der Waals surface area contributed by atoms with Crippen LogP contribution in [0, 0.1) is 23.7 Å². The number of ether oxygens (including phenoxy) is 1. The molecule has 1 saturated heterocycles. The van der Waals surface area contributed by atoms with E-state index in [9.17, 15) is 14.4 Å². The minimum Gasteiger partial charge on any atom is -0.462 e. The van der Waals surface area contributed by atoms with Crippen LogP contribution in [-0.4, -0.2) is 35.6 Å². The molecule has 158 valence electrons. The van der Waals surface area contributed by atoms with E-state index in [1.807, 2.05) is 12.2 Å². The summed E-state index contributed by atoms with van der Waals surface area (Å²) in [5.74, 6) is -0.436. The normalized spacial score (nSPS) is 26.3. The third-order valence-electron chi connectivity index (χ3n) is 6.12. The number of halogens is 1. The summed E-state index contributed by atoms with van der Waals surface area (Å²) >= 11 is 6.11. The molecule has 3 aliphatic rings. The van der Waals surface area contributed by atoms with Gasteiger partial charge in [-0.1, -0.05) is 23.8 Å². The highest BCUT2D eigenvalue weighted by Crippen LogP contribution is 2.52. The van der Waals surface area contributed by atoms with Gasteiger partial charge >= 0.3 is 5.97 Å². The Labute approximate surface area is 183 Å². The number of esters is 1. The second kappa shape index (κ2) is 7.50. The predicted octanol–water partition coefficient (Wildman–Crippen LogP) is 3.92. The lowest BCUT2D eigenvalue weighted by molar-refractivity contribution is -0.140. The van der Waals surface area contributed by atoms with Crippen molar-refractivity contribution in [1.82, 2.24) is 5.01 Å². The van der Waals surface area contributed by atoms with Gasteiger partial charge in [0.2, 0.25) is 0 Å². The van der Waals surface area contributed by atoms with Crippen molar-refractivity contribution >= 4 is 35.6 Å². The summed E-state index contributed by atoms with van der Waals surface area (Å²) in [4.78, 5) is 37.5. The van der Waals surface area contributed by atoms with Crippen LogP contribution >= 0.6 is 11.6 Å². The second-order valence-electron chi connectivity index (χ2n) is 7.85. The van der Waals surface area contributed by atoms with Crippen molar-refractivity contribution in [2.45, 2.75) is 13.3 Å². The smallest absolute Gasteiger partial charge is 0.339 e. The van der Waals surface area contributed by atoms with E-state index < -0.39 is 5.97 Å². The van der Waals surface area contributed by atoms with Crippen molar-refractivity contribution in [1.29, 1.82) is 0 Å². The van der Waals surface area contributed by atoms with E-state index >= 15 is 0 Å². The number of furan rings is 1. The first kappa shape index (κ1) is 19.8. The summed E-state index contributed by atoms with van der Waals surface area (Å²) in [7, 11) is 0. The minimum atomic E-state index is -0.511. The molecule has 1 aromatic carbocycles. The molecule has 0 N–H and O–H groups in total. The number of hydrogen-bond acceptors (Lipinski definition) is 6. The standard InChI is InChI=1S/C23H19ClN2O5/c1-2-30-23(29)16-10-12(5-7-17(16)24)18-8-6-15(31-18)11-25-26-21(27)19-13-3-4-14(9-13)20(19)22(26)28/h3-8,10-11,13-14,19-20H,2,9H2,1H3/b25-11+. The number of allylic oxidation sites excluding steroid dienone is 2. The molecular formula is C23H19ClN2O5. The number of hydrazone groups is 1. The summed E-state index contributed by atoms with van der Waals surface area (Å²) < 4.78 is 10.8. The third-order valence-corrected chi connectivity index (χ3v) is 6.45. The van der Waals surface area contributed by atoms with Crippen molar-refractivity contribution in [2.24, 2.45) is 28.8 Å². The zero-order valence-corrected chi connectivity index (χ0v) is 17.4. The van der Waals surface area contributed by atoms with Crippen LogP contribution < -0.4 is 0 Å². The van der Waals surface area contributed by atoms with Gasteiger partial charge in [-0.15, -0.1) is 0 Å². The average Bonchev–Trinajstić information content (AvgIpc) is 3.52. The van der Waals surface area contributed by atoms with E-state index in [1.54, 1.807) is 37.3 Å². The zero-order chi connectivity index (χ0) is 21.7. The maximum Gasteiger partial charge on any atom is 0.339 e. The lowest BCUT2D eigenvalue weighted by Crippen LogP contribution is -2.28. The number of imide groups is 1. The Morgan fingerprint density at radius 3 is 2.58 bits per heavy atom. The van der Waals surface area contributed by atoms with Crippen molar-refractivity contribution in [2.75, 3.05) is 6.61 Å². The van der Waals surface area contributed by atoms with Crippen molar-refractivity contribution in [3.63, 3.8) is 0 Å². The van der Waals surface area contributed by atoms with E-state index in [0.29, 0.717) is 17.1 Å². The Hall–Kier alpha value is -3.19. The van der Waals surface area contributed by atoms with Crippen molar-refractivity contribution in [3.8, 4) is 11.3 Å².